The van der Waals surface area contributed by atoms with Gasteiger partial charge in [-0.05, 0) is 30.4 Å². The van der Waals surface area contributed by atoms with Crippen molar-refractivity contribution in [3.05, 3.63) is 42.1 Å². The summed E-state index contributed by atoms with van der Waals surface area (Å²) in [5.41, 5.74) is 7.60. The van der Waals surface area contributed by atoms with Crippen molar-refractivity contribution in [2.24, 2.45) is 5.92 Å². The SMILES string of the molecule is CCc1c(F)cncc1-c1cc2cc(NC(=O)[C@@H]3C[C@@H]3F)ncc2c(N)n1. The van der Waals surface area contributed by atoms with E-state index in [1.165, 1.54) is 12.4 Å². The number of carbonyl (C=O) groups is 1. The minimum Gasteiger partial charge on any atom is -0.383 e. The van der Waals surface area contributed by atoms with Crippen molar-refractivity contribution < 1.29 is 13.6 Å². The molecular weight excluding hydrogens is 352 g/mol. The van der Waals surface area contributed by atoms with Gasteiger partial charge in [-0.1, -0.05) is 6.92 Å². The summed E-state index contributed by atoms with van der Waals surface area (Å²) in [4.78, 5) is 24.3. The van der Waals surface area contributed by atoms with E-state index < -0.39 is 17.9 Å². The fraction of sp³-hybridized carbons (Fsp3) is 0.263. The molecule has 0 aromatic carbocycles. The van der Waals surface area contributed by atoms with Crippen LogP contribution in [-0.4, -0.2) is 27.0 Å². The van der Waals surface area contributed by atoms with Crippen LogP contribution in [0, 0.1) is 11.7 Å². The van der Waals surface area contributed by atoms with E-state index in [-0.39, 0.29) is 18.1 Å². The monoisotopic (exact) mass is 369 g/mol. The second-order valence-electron chi connectivity index (χ2n) is 6.53. The number of hydrogen-bond acceptors (Lipinski definition) is 5. The van der Waals surface area contributed by atoms with Crippen molar-refractivity contribution in [3.8, 4) is 11.3 Å². The third-order valence-electron chi connectivity index (χ3n) is 4.68. The smallest absolute Gasteiger partial charge is 0.231 e. The minimum absolute atomic E-state index is 0.241. The largest absolute Gasteiger partial charge is 0.383 e. The zero-order chi connectivity index (χ0) is 19.1. The number of nitrogen functional groups attached to an aromatic ring is 1. The summed E-state index contributed by atoms with van der Waals surface area (Å²) in [6.07, 6.45) is 3.86. The molecule has 6 nitrogen and oxygen atoms in total. The van der Waals surface area contributed by atoms with E-state index >= 15 is 0 Å². The lowest BCUT2D eigenvalue weighted by Gasteiger charge is -2.11. The average molecular weight is 369 g/mol. The highest BCUT2D eigenvalue weighted by molar-refractivity contribution is 5.98. The third-order valence-corrected chi connectivity index (χ3v) is 4.68. The first kappa shape index (κ1) is 17.3. The van der Waals surface area contributed by atoms with Crippen LogP contribution in [0.4, 0.5) is 20.4 Å². The number of carbonyl (C=O) groups excluding carboxylic acids is 1. The highest BCUT2D eigenvalue weighted by Crippen LogP contribution is 2.35. The third kappa shape index (κ3) is 3.18. The number of nitrogens with two attached hydrogens (primary N) is 1. The maximum absolute atomic E-state index is 14.1. The van der Waals surface area contributed by atoms with Gasteiger partial charge in [0, 0.05) is 28.9 Å². The van der Waals surface area contributed by atoms with Gasteiger partial charge in [0.05, 0.1) is 17.8 Å². The summed E-state index contributed by atoms with van der Waals surface area (Å²) in [5.74, 6) is -0.852. The summed E-state index contributed by atoms with van der Waals surface area (Å²) in [5, 5.41) is 3.90. The molecule has 0 radical (unpaired) electrons. The van der Waals surface area contributed by atoms with Gasteiger partial charge in [-0.2, -0.15) is 0 Å². The molecule has 138 valence electrons. The Labute approximate surface area is 153 Å². The van der Waals surface area contributed by atoms with Crippen molar-refractivity contribution in [3.63, 3.8) is 0 Å². The molecule has 3 N–H and O–H groups in total. The summed E-state index contributed by atoms with van der Waals surface area (Å²) < 4.78 is 27.1. The molecule has 3 aromatic heterocycles. The van der Waals surface area contributed by atoms with Gasteiger partial charge in [0.2, 0.25) is 5.91 Å². The molecule has 27 heavy (non-hydrogen) atoms. The fourth-order valence-corrected chi connectivity index (χ4v) is 3.08. The molecule has 0 saturated heterocycles. The Morgan fingerprint density at radius 1 is 1.33 bits per heavy atom. The zero-order valence-electron chi connectivity index (χ0n) is 14.5. The van der Waals surface area contributed by atoms with Crippen LogP contribution in [0.5, 0.6) is 0 Å². The number of hydrogen-bond donors (Lipinski definition) is 2. The van der Waals surface area contributed by atoms with Gasteiger partial charge in [-0.3, -0.25) is 9.78 Å². The highest BCUT2D eigenvalue weighted by atomic mass is 19.1. The molecule has 1 saturated carbocycles. The molecule has 1 aliphatic rings. The lowest BCUT2D eigenvalue weighted by molar-refractivity contribution is -0.117. The topological polar surface area (TPSA) is 93.8 Å². The van der Waals surface area contributed by atoms with E-state index in [9.17, 15) is 13.6 Å². The molecule has 0 unspecified atom stereocenters. The average Bonchev–Trinajstić information content (AvgIpc) is 3.38. The first-order valence-corrected chi connectivity index (χ1v) is 8.62. The van der Waals surface area contributed by atoms with Crippen molar-refractivity contribution in [1.29, 1.82) is 0 Å². The van der Waals surface area contributed by atoms with Crippen molar-refractivity contribution in [1.82, 2.24) is 15.0 Å². The Hall–Kier alpha value is -3.16. The van der Waals surface area contributed by atoms with Gasteiger partial charge in [0.15, 0.2) is 0 Å². The summed E-state index contributed by atoms with van der Waals surface area (Å²) in [6, 6.07) is 3.39. The molecule has 1 fully saturated rings. The van der Waals surface area contributed by atoms with Crippen molar-refractivity contribution in [2.75, 3.05) is 11.1 Å². The highest BCUT2D eigenvalue weighted by Gasteiger charge is 2.43. The van der Waals surface area contributed by atoms with E-state index in [4.69, 9.17) is 5.73 Å². The number of nitrogens with one attached hydrogen (secondary N) is 1. The zero-order valence-corrected chi connectivity index (χ0v) is 14.5. The van der Waals surface area contributed by atoms with E-state index in [0.29, 0.717) is 39.8 Å². The van der Waals surface area contributed by atoms with Crippen LogP contribution < -0.4 is 11.1 Å². The summed E-state index contributed by atoms with van der Waals surface area (Å²) in [6.45, 7) is 1.85. The van der Waals surface area contributed by atoms with E-state index in [1.807, 2.05) is 6.92 Å². The Kier molecular flexibility index (Phi) is 4.18. The molecule has 4 rings (SSSR count). The first-order valence-electron chi connectivity index (χ1n) is 8.62. The molecule has 1 amide bonds. The predicted octanol–water partition coefficient (Wildman–Crippen LogP) is 3.27. The second-order valence-corrected chi connectivity index (χ2v) is 6.53. The molecular formula is C19H17F2N5O. The number of fused-ring (bicyclic) bond motifs is 1. The standard InChI is InChI=1S/C19H17F2N5O/c1-2-10-13(6-23-8-15(10)21)16-3-9-4-17(24-7-12(9)18(22)25-16)26-19(27)11-5-14(11)20/h3-4,6-8,11,14H,2,5H2,1H3,(H2,22,25)(H,24,26,27)/t11-,14+/m1/s1. The number of alkyl halides is 1. The number of anilines is 2. The second kappa shape index (κ2) is 6.53. The van der Waals surface area contributed by atoms with Gasteiger partial charge < -0.3 is 11.1 Å². The van der Waals surface area contributed by atoms with Crippen LogP contribution >= 0.6 is 0 Å². The Bertz CT molecular complexity index is 1060. The molecule has 2 atom stereocenters. The number of nitrogens with zero attached hydrogens (tertiary/aromatic N) is 3. The summed E-state index contributed by atoms with van der Waals surface area (Å²) >= 11 is 0. The van der Waals surface area contributed by atoms with E-state index in [2.05, 4.69) is 20.3 Å². The lowest BCUT2D eigenvalue weighted by atomic mass is 10.0. The number of rotatable bonds is 4. The molecule has 0 spiro atoms. The Morgan fingerprint density at radius 2 is 2.11 bits per heavy atom. The van der Waals surface area contributed by atoms with Crippen LogP contribution in [-0.2, 0) is 11.2 Å². The quantitative estimate of drug-likeness (QED) is 0.736. The Balaban J connectivity index is 1.75. The van der Waals surface area contributed by atoms with Crippen LogP contribution in [0.25, 0.3) is 22.0 Å². The summed E-state index contributed by atoms with van der Waals surface area (Å²) in [7, 11) is 0. The van der Waals surface area contributed by atoms with Gasteiger partial charge in [0.1, 0.15) is 23.6 Å². The van der Waals surface area contributed by atoms with E-state index in [1.54, 1.807) is 18.3 Å². The van der Waals surface area contributed by atoms with Crippen LogP contribution in [0.3, 0.4) is 0 Å². The lowest BCUT2D eigenvalue weighted by Crippen LogP contribution is -2.15. The van der Waals surface area contributed by atoms with Crippen molar-refractivity contribution >= 4 is 28.3 Å². The number of halogens is 2. The molecule has 1 aliphatic carbocycles. The van der Waals surface area contributed by atoms with Crippen molar-refractivity contribution in [2.45, 2.75) is 25.9 Å². The van der Waals surface area contributed by atoms with Gasteiger partial charge >= 0.3 is 0 Å². The van der Waals surface area contributed by atoms with Gasteiger partial charge in [-0.25, -0.2) is 18.7 Å². The van der Waals surface area contributed by atoms with Crippen LogP contribution in [0.15, 0.2) is 30.7 Å². The molecule has 0 aliphatic heterocycles. The number of pyridine rings is 3. The predicted molar refractivity (Wildman–Crippen MR) is 98.2 cm³/mol. The fourth-order valence-electron chi connectivity index (χ4n) is 3.08. The molecule has 3 aromatic rings. The molecule has 0 bridgehead atoms. The molecule has 8 heteroatoms. The minimum atomic E-state index is -1.08. The van der Waals surface area contributed by atoms with Crippen LogP contribution in [0.1, 0.15) is 18.9 Å². The maximum Gasteiger partial charge on any atom is 0.231 e. The number of amides is 1. The van der Waals surface area contributed by atoms with Gasteiger partial charge in [0.25, 0.3) is 0 Å². The van der Waals surface area contributed by atoms with Gasteiger partial charge in [-0.15, -0.1) is 0 Å². The number of aromatic nitrogens is 3. The first-order chi connectivity index (χ1) is 13.0. The maximum atomic E-state index is 14.1. The van der Waals surface area contributed by atoms with Crippen LogP contribution in [0.2, 0.25) is 0 Å². The molecule has 3 heterocycles. The van der Waals surface area contributed by atoms with E-state index in [0.717, 1.165) is 0 Å². The normalized spacial score (nSPS) is 18.5. The Morgan fingerprint density at radius 3 is 2.81 bits per heavy atom.